The summed E-state index contributed by atoms with van der Waals surface area (Å²) in [6.07, 6.45) is 1.75. The van der Waals surface area contributed by atoms with Crippen molar-refractivity contribution in [2.75, 3.05) is 5.73 Å². The first kappa shape index (κ1) is 11.7. The van der Waals surface area contributed by atoms with E-state index in [-0.39, 0.29) is 11.4 Å². The highest BCUT2D eigenvalue weighted by Gasteiger charge is 2.12. The maximum Gasteiger partial charge on any atom is 0.292 e. The Hall–Kier alpha value is -2.81. The van der Waals surface area contributed by atoms with Gasteiger partial charge in [0, 0.05) is 18.8 Å². The van der Waals surface area contributed by atoms with Gasteiger partial charge in [0.1, 0.15) is 17.5 Å². The van der Waals surface area contributed by atoms with Crippen LogP contribution in [0.1, 0.15) is 11.3 Å². The van der Waals surface area contributed by atoms with E-state index in [1.807, 2.05) is 6.07 Å². The molecule has 0 saturated carbocycles. The van der Waals surface area contributed by atoms with Gasteiger partial charge in [0.25, 0.3) is 5.69 Å². The number of rotatable bonds is 3. The molecule has 6 nitrogen and oxygen atoms in total. The van der Waals surface area contributed by atoms with E-state index in [0.29, 0.717) is 12.2 Å². The summed E-state index contributed by atoms with van der Waals surface area (Å²) in [5.41, 5.74) is 6.78. The zero-order chi connectivity index (χ0) is 13.1. The van der Waals surface area contributed by atoms with Crippen LogP contribution in [-0.4, -0.2) is 9.49 Å². The Morgan fingerprint density at radius 1 is 1.44 bits per heavy atom. The maximum atomic E-state index is 10.8. The van der Waals surface area contributed by atoms with Crippen molar-refractivity contribution in [2.24, 2.45) is 0 Å². The van der Waals surface area contributed by atoms with Crippen LogP contribution in [0, 0.1) is 21.4 Å². The quantitative estimate of drug-likeness (QED) is 0.504. The first-order chi connectivity index (χ1) is 8.61. The lowest BCUT2D eigenvalue weighted by molar-refractivity contribution is -0.384. The third-order valence-corrected chi connectivity index (χ3v) is 2.59. The van der Waals surface area contributed by atoms with Gasteiger partial charge in [0.15, 0.2) is 0 Å². The smallest absolute Gasteiger partial charge is 0.292 e. The maximum absolute atomic E-state index is 10.8. The molecular weight excluding hydrogens is 232 g/mol. The minimum atomic E-state index is -0.514. The summed E-state index contributed by atoms with van der Waals surface area (Å²) >= 11 is 0. The Balaban J connectivity index is 2.34. The van der Waals surface area contributed by atoms with E-state index >= 15 is 0 Å². The fourth-order valence-corrected chi connectivity index (χ4v) is 1.70. The summed E-state index contributed by atoms with van der Waals surface area (Å²) < 4.78 is 1.72. The van der Waals surface area contributed by atoms with Crippen molar-refractivity contribution in [3.8, 4) is 6.07 Å². The molecule has 0 aliphatic carbocycles. The second kappa shape index (κ2) is 4.59. The molecule has 0 spiro atoms. The zero-order valence-corrected chi connectivity index (χ0v) is 9.41. The molecule has 2 rings (SSSR count). The molecule has 0 amide bonds. The summed E-state index contributed by atoms with van der Waals surface area (Å²) in [6.45, 7) is 0.400. The number of nitrogens with zero attached hydrogens (tertiary/aromatic N) is 3. The van der Waals surface area contributed by atoms with Crippen molar-refractivity contribution < 1.29 is 4.92 Å². The van der Waals surface area contributed by atoms with Crippen molar-refractivity contribution in [3.63, 3.8) is 0 Å². The fraction of sp³-hybridized carbons (Fsp3) is 0.0833. The minimum absolute atomic E-state index is 0.113. The number of hydrogen-bond donors (Lipinski definition) is 1. The molecule has 0 aliphatic rings. The molecule has 1 aromatic carbocycles. The number of nitro groups is 1. The summed E-state index contributed by atoms with van der Waals surface area (Å²) in [7, 11) is 0. The number of hydrogen-bond acceptors (Lipinski definition) is 4. The van der Waals surface area contributed by atoms with Gasteiger partial charge in [-0.3, -0.25) is 10.1 Å². The Kier molecular flexibility index (Phi) is 2.98. The number of nitro benzene ring substituents is 1. The second-order valence-corrected chi connectivity index (χ2v) is 3.78. The van der Waals surface area contributed by atoms with Gasteiger partial charge in [0.2, 0.25) is 0 Å². The van der Waals surface area contributed by atoms with E-state index in [9.17, 15) is 10.1 Å². The molecule has 6 heteroatoms. The highest BCUT2D eigenvalue weighted by Crippen LogP contribution is 2.23. The minimum Gasteiger partial charge on any atom is -0.393 e. The SMILES string of the molecule is N#Cc1cccn1Cc1ccc(N)c([N+](=O)[O-])c1. The highest BCUT2D eigenvalue weighted by molar-refractivity contribution is 5.59. The number of anilines is 1. The van der Waals surface area contributed by atoms with Crippen LogP contribution < -0.4 is 5.73 Å². The molecule has 2 N–H and O–H groups in total. The van der Waals surface area contributed by atoms with E-state index in [4.69, 9.17) is 11.0 Å². The van der Waals surface area contributed by atoms with E-state index in [1.165, 1.54) is 12.1 Å². The average Bonchev–Trinajstić information content (AvgIpc) is 2.78. The van der Waals surface area contributed by atoms with E-state index in [1.54, 1.807) is 29.0 Å². The van der Waals surface area contributed by atoms with Crippen molar-refractivity contribution in [1.82, 2.24) is 4.57 Å². The number of benzene rings is 1. The molecule has 0 radical (unpaired) electrons. The average molecular weight is 242 g/mol. The number of aromatic nitrogens is 1. The van der Waals surface area contributed by atoms with Crippen LogP contribution >= 0.6 is 0 Å². The highest BCUT2D eigenvalue weighted by atomic mass is 16.6. The van der Waals surface area contributed by atoms with Crippen LogP contribution in [-0.2, 0) is 6.54 Å². The van der Waals surface area contributed by atoms with Crippen molar-refractivity contribution in [1.29, 1.82) is 5.26 Å². The molecule has 2 aromatic rings. The third-order valence-electron chi connectivity index (χ3n) is 2.59. The summed E-state index contributed by atoms with van der Waals surface area (Å²) in [6, 6.07) is 10.1. The first-order valence-electron chi connectivity index (χ1n) is 5.20. The Morgan fingerprint density at radius 2 is 2.22 bits per heavy atom. The van der Waals surface area contributed by atoms with Crippen LogP contribution in [0.2, 0.25) is 0 Å². The Morgan fingerprint density at radius 3 is 2.89 bits per heavy atom. The van der Waals surface area contributed by atoms with Gasteiger partial charge in [-0.05, 0) is 23.8 Å². The van der Waals surface area contributed by atoms with Crippen LogP contribution in [0.25, 0.3) is 0 Å². The molecule has 18 heavy (non-hydrogen) atoms. The number of nitriles is 1. The first-order valence-corrected chi connectivity index (χ1v) is 5.20. The van der Waals surface area contributed by atoms with E-state index < -0.39 is 4.92 Å². The molecule has 0 bridgehead atoms. The van der Waals surface area contributed by atoms with E-state index in [2.05, 4.69) is 0 Å². The summed E-state index contributed by atoms with van der Waals surface area (Å²) in [4.78, 5) is 10.3. The lowest BCUT2D eigenvalue weighted by atomic mass is 10.1. The van der Waals surface area contributed by atoms with Gasteiger partial charge >= 0.3 is 0 Å². The van der Waals surface area contributed by atoms with Gasteiger partial charge in [0.05, 0.1) is 4.92 Å². The van der Waals surface area contributed by atoms with Crippen LogP contribution in [0.15, 0.2) is 36.5 Å². The standard InChI is InChI=1S/C12H10N4O2/c13-7-10-2-1-5-15(10)8-9-3-4-11(14)12(6-9)16(17)18/h1-6H,8,14H2. The number of nitrogen functional groups attached to an aromatic ring is 1. The molecule has 1 heterocycles. The molecule has 0 saturated heterocycles. The molecule has 0 unspecified atom stereocenters. The molecule has 1 aromatic heterocycles. The summed E-state index contributed by atoms with van der Waals surface area (Å²) in [5, 5.41) is 19.6. The molecule has 0 aliphatic heterocycles. The van der Waals surface area contributed by atoms with Gasteiger partial charge in [-0.25, -0.2) is 0 Å². The lowest BCUT2D eigenvalue weighted by Gasteiger charge is -2.05. The van der Waals surface area contributed by atoms with E-state index in [0.717, 1.165) is 5.56 Å². The molecular formula is C12H10N4O2. The summed E-state index contributed by atoms with van der Waals surface area (Å²) in [5.74, 6) is 0. The van der Waals surface area contributed by atoms with Crippen LogP contribution in [0.4, 0.5) is 11.4 Å². The van der Waals surface area contributed by atoms with Crippen LogP contribution in [0.5, 0.6) is 0 Å². The largest absolute Gasteiger partial charge is 0.393 e. The normalized spacial score (nSPS) is 9.94. The van der Waals surface area contributed by atoms with Crippen molar-refractivity contribution in [2.45, 2.75) is 6.54 Å². The van der Waals surface area contributed by atoms with Gasteiger partial charge in [-0.1, -0.05) is 6.07 Å². The van der Waals surface area contributed by atoms with Crippen LogP contribution in [0.3, 0.4) is 0 Å². The number of nitrogens with two attached hydrogens (primary N) is 1. The predicted molar refractivity (Wildman–Crippen MR) is 65.8 cm³/mol. The Bertz CT molecular complexity index is 640. The fourth-order valence-electron chi connectivity index (χ4n) is 1.70. The second-order valence-electron chi connectivity index (χ2n) is 3.78. The third kappa shape index (κ3) is 2.15. The zero-order valence-electron chi connectivity index (χ0n) is 9.41. The Labute approximate surface area is 103 Å². The molecule has 0 fully saturated rings. The van der Waals surface area contributed by atoms with Gasteiger partial charge < -0.3 is 10.3 Å². The lowest BCUT2D eigenvalue weighted by Crippen LogP contribution is -2.02. The molecule has 90 valence electrons. The monoisotopic (exact) mass is 242 g/mol. The molecule has 0 atom stereocenters. The van der Waals surface area contributed by atoms with Gasteiger partial charge in [-0.15, -0.1) is 0 Å². The predicted octanol–water partition coefficient (Wildman–Crippen LogP) is 1.90. The van der Waals surface area contributed by atoms with Crippen molar-refractivity contribution in [3.05, 3.63) is 57.9 Å². The topological polar surface area (TPSA) is 97.9 Å². The van der Waals surface area contributed by atoms with Crippen molar-refractivity contribution >= 4 is 11.4 Å². The van der Waals surface area contributed by atoms with Gasteiger partial charge in [-0.2, -0.15) is 5.26 Å².